The average Bonchev–Trinajstić information content (AvgIpc) is 3.32. The van der Waals surface area contributed by atoms with E-state index in [-0.39, 0.29) is 5.91 Å². The molecule has 0 aromatic carbocycles. The van der Waals surface area contributed by atoms with Crippen LogP contribution in [-0.4, -0.2) is 35.2 Å². The number of amides is 1. The van der Waals surface area contributed by atoms with Gasteiger partial charge in [-0.05, 0) is 43.7 Å². The molecule has 1 amide bonds. The molecule has 28 heavy (non-hydrogen) atoms. The van der Waals surface area contributed by atoms with E-state index in [1.165, 1.54) is 0 Å². The summed E-state index contributed by atoms with van der Waals surface area (Å²) in [5, 5.41) is 7.24. The van der Waals surface area contributed by atoms with Crippen LogP contribution in [0.15, 0.2) is 61.3 Å². The van der Waals surface area contributed by atoms with Gasteiger partial charge < -0.3 is 5.32 Å². The second kappa shape index (κ2) is 7.43. The Balaban J connectivity index is 1.48. The standard InChI is InChI=1S/C20H19N7O/c1-14-17(13-25-27(14)18-5-3-4-7-22-18)20(28)24-12-16-6-8-23-19(11-16)26-10-9-21-15(26)2/h3-11,13H,12H2,1-2H3,(H,24,28). The summed E-state index contributed by atoms with van der Waals surface area (Å²) in [7, 11) is 0. The Bertz CT molecular complexity index is 1110. The monoisotopic (exact) mass is 373 g/mol. The smallest absolute Gasteiger partial charge is 0.255 e. The zero-order valence-corrected chi connectivity index (χ0v) is 15.6. The van der Waals surface area contributed by atoms with Crippen LogP contribution in [0, 0.1) is 13.8 Å². The highest BCUT2D eigenvalue weighted by molar-refractivity contribution is 5.95. The van der Waals surface area contributed by atoms with Crippen molar-refractivity contribution in [1.82, 2.24) is 34.6 Å². The van der Waals surface area contributed by atoms with E-state index in [2.05, 4.69) is 25.4 Å². The fourth-order valence-electron chi connectivity index (χ4n) is 2.94. The number of carbonyl (C=O) groups is 1. The fourth-order valence-corrected chi connectivity index (χ4v) is 2.94. The van der Waals surface area contributed by atoms with Crippen LogP contribution < -0.4 is 5.32 Å². The van der Waals surface area contributed by atoms with Gasteiger partial charge in [0.2, 0.25) is 0 Å². The molecular formula is C20H19N7O. The number of aromatic nitrogens is 6. The van der Waals surface area contributed by atoms with Gasteiger partial charge in [-0.25, -0.2) is 19.6 Å². The predicted octanol–water partition coefficient (Wildman–Crippen LogP) is 2.39. The number of hydrogen-bond donors (Lipinski definition) is 1. The van der Waals surface area contributed by atoms with Crippen LogP contribution in [0.25, 0.3) is 11.6 Å². The third-order valence-corrected chi connectivity index (χ3v) is 4.46. The molecule has 0 aliphatic heterocycles. The molecule has 0 unspecified atom stereocenters. The number of pyridine rings is 2. The lowest BCUT2D eigenvalue weighted by molar-refractivity contribution is 0.0950. The number of aryl methyl sites for hydroxylation is 1. The predicted molar refractivity (Wildman–Crippen MR) is 103 cm³/mol. The molecule has 4 rings (SSSR count). The molecule has 0 saturated carbocycles. The maximum Gasteiger partial charge on any atom is 0.255 e. The first-order chi connectivity index (χ1) is 13.6. The second-order valence-corrected chi connectivity index (χ2v) is 6.29. The van der Waals surface area contributed by atoms with Crippen molar-refractivity contribution in [3.8, 4) is 11.6 Å². The summed E-state index contributed by atoms with van der Waals surface area (Å²) in [5.74, 6) is 2.11. The lowest BCUT2D eigenvalue weighted by Crippen LogP contribution is -2.23. The van der Waals surface area contributed by atoms with Crippen LogP contribution >= 0.6 is 0 Å². The van der Waals surface area contributed by atoms with Crippen LogP contribution in [0.3, 0.4) is 0 Å². The molecule has 140 valence electrons. The van der Waals surface area contributed by atoms with Crippen LogP contribution in [0.2, 0.25) is 0 Å². The average molecular weight is 373 g/mol. The van der Waals surface area contributed by atoms with E-state index in [0.29, 0.717) is 17.9 Å². The molecule has 4 aromatic rings. The van der Waals surface area contributed by atoms with Gasteiger partial charge >= 0.3 is 0 Å². The number of nitrogens with zero attached hydrogens (tertiary/aromatic N) is 6. The molecular weight excluding hydrogens is 354 g/mol. The van der Waals surface area contributed by atoms with Gasteiger partial charge in [0.15, 0.2) is 5.82 Å². The maximum atomic E-state index is 12.6. The minimum atomic E-state index is -0.183. The molecule has 0 saturated heterocycles. The molecule has 4 heterocycles. The van der Waals surface area contributed by atoms with Crippen molar-refractivity contribution in [1.29, 1.82) is 0 Å². The highest BCUT2D eigenvalue weighted by atomic mass is 16.1. The van der Waals surface area contributed by atoms with Gasteiger partial charge in [-0.3, -0.25) is 9.36 Å². The topological polar surface area (TPSA) is 90.5 Å². The summed E-state index contributed by atoms with van der Waals surface area (Å²) in [6, 6.07) is 9.37. The Kier molecular flexibility index (Phi) is 4.67. The summed E-state index contributed by atoms with van der Waals surface area (Å²) in [4.78, 5) is 25.5. The summed E-state index contributed by atoms with van der Waals surface area (Å²) in [6.45, 7) is 4.15. The maximum absolute atomic E-state index is 12.6. The quantitative estimate of drug-likeness (QED) is 0.580. The molecule has 0 aliphatic carbocycles. The van der Waals surface area contributed by atoms with E-state index in [4.69, 9.17) is 0 Å². The minimum Gasteiger partial charge on any atom is -0.348 e. The zero-order chi connectivity index (χ0) is 19.5. The molecule has 0 bridgehead atoms. The Morgan fingerprint density at radius 1 is 1.04 bits per heavy atom. The third-order valence-electron chi connectivity index (χ3n) is 4.46. The van der Waals surface area contributed by atoms with Gasteiger partial charge in [-0.1, -0.05) is 6.07 Å². The number of imidazole rings is 1. The third kappa shape index (κ3) is 3.39. The molecule has 8 heteroatoms. The van der Waals surface area contributed by atoms with Crippen molar-refractivity contribution in [3.63, 3.8) is 0 Å². The summed E-state index contributed by atoms with van der Waals surface area (Å²) in [5.41, 5.74) is 2.20. The van der Waals surface area contributed by atoms with Crippen molar-refractivity contribution in [2.75, 3.05) is 0 Å². The van der Waals surface area contributed by atoms with E-state index in [1.807, 2.05) is 54.9 Å². The van der Waals surface area contributed by atoms with Crippen LogP contribution in [0.1, 0.15) is 27.4 Å². The molecule has 0 spiro atoms. The first kappa shape index (κ1) is 17.6. The molecule has 0 fully saturated rings. The van der Waals surface area contributed by atoms with Gasteiger partial charge in [-0.2, -0.15) is 5.10 Å². The van der Waals surface area contributed by atoms with E-state index >= 15 is 0 Å². The lowest BCUT2D eigenvalue weighted by atomic mass is 10.2. The number of rotatable bonds is 5. The van der Waals surface area contributed by atoms with Gasteiger partial charge in [0.1, 0.15) is 11.6 Å². The van der Waals surface area contributed by atoms with E-state index in [1.54, 1.807) is 29.5 Å². The Morgan fingerprint density at radius 2 is 1.89 bits per heavy atom. The van der Waals surface area contributed by atoms with Crippen molar-refractivity contribution in [3.05, 3.63) is 84.0 Å². The van der Waals surface area contributed by atoms with Crippen molar-refractivity contribution < 1.29 is 4.79 Å². The van der Waals surface area contributed by atoms with Crippen molar-refractivity contribution >= 4 is 5.91 Å². The van der Waals surface area contributed by atoms with Gasteiger partial charge in [-0.15, -0.1) is 0 Å². The summed E-state index contributed by atoms with van der Waals surface area (Å²) in [6.07, 6.45) is 8.56. The molecule has 0 radical (unpaired) electrons. The molecule has 1 N–H and O–H groups in total. The molecule has 8 nitrogen and oxygen atoms in total. The molecule has 0 aliphatic rings. The Morgan fingerprint density at radius 3 is 2.64 bits per heavy atom. The van der Waals surface area contributed by atoms with Crippen LogP contribution in [-0.2, 0) is 6.54 Å². The fraction of sp³-hybridized carbons (Fsp3) is 0.150. The SMILES string of the molecule is Cc1nccn1-c1cc(CNC(=O)c2cnn(-c3ccccn3)c2C)ccn1. The van der Waals surface area contributed by atoms with Crippen molar-refractivity contribution in [2.45, 2.75) is 20.4 Å². The largest absolute Gasteiger partial charge is 0.348 e. The highest BCUT2D eigenvalue weighted by Gasteiger charge is 2.15. The van der Waals surface area contributed by atoms with Crippen LogP contribution in [0.4, 0.5) is 0 Å². The Labute approximate surface area is 161 Å². The zero-order valence-electron chi connectivity index (χ0n) is 15.6. The molecule has 4 aromatic heterocycles. The number of hydrogen-bond acceptors (Lipinski definition) is 5. The minimum absolute atomic E-state index is 0.183. The van der Waals surface area contributed by atoms with Gasteiger partial charge in [0.25, 0.3) is 5.91 Å². The van der Waals surface area contributed by atoms with Gasteiger partial charge in [0.05, 0.1) is 17.5 Å². The van der Waals surface area contributed by atoms with Crippen molar-refractivity contribution in [2.24, 2.45) is 0 Å². The van der Waals surface area contributed by atoms with Gasteiger partial charge in [0, 0.05) is 31.3 Å². The van der Waals surface area contributed by atoms with E-state index < -0.39 is 0 Å². The molecule has 0 atom stereocenters. The second-order valence-electron chi connectivity index (χ2n) is 6.29. The van der Waals surface area contributed by atoms with E-state index in [0.717, 1.165) is 22.9 Å². The summed E-state index contributed by atoms with van der Waals surface area (Å²) < 4.78 is 3.55. The Hall–Kier alpha value is -3.81. The highest BCUT2D eigenvalue weighted by Crippen LogP contribution is 2.13. The van der Waals surface area contributed by atoms with Crippen LogP contribution in [0.5, 0.6) is 0 Å². The normalized spacial score (nSPS) is 10.8. The van der Waals surface area contributed by atoms with E-state index in [9.17, 15) is 4.79 Å². The summed E-state index contributed by atoms with van der Waals surface area (Å²) >= 11 is 0. The number of nitrogens with one attached hydrogen (secondary N) is 1. The number of carbonyl (C=O) groups excluding carboxylic acids is 1. The first-order valence-corrected chi connectivity index (χ1v) is 8.83. The first-order valence-electron chi connectivity index (χ1n) is 8.83. The lowest BCUT2D eigenvalue weighted by Gasteiger charge is -2.08.